The van der Waals surface area contributed by atoms with Gasteiger partial charge in [-0.25, -0.2) is 0 Å². The van der Waals surface area contributed by atoms with Gasteiger partial charge in [-0.1, -0.05) is 61.1 Å². The Morgan fingerprint density at radius 2 is 0.885 bits per heavy atom. The van der Waals surface area contributed by atoms with Crippen LogP contribution in [-0.2, 0) is 12.8 Å². The minimum absolute atomic E-state index is 0. The molecule has 0 radical (unpaired) electrons. The molecule has 2 N–H and O–H groups in total. The zero-order chi connectivity index (χ0) is 43.8. The molecule has 0 aromatic heterocycles. The van der Waals surface area contributed by atoms with Crippen LogP contribution in [0.15, 0.2) is 67.9 Å². The molecule has 0 saturated heterocycles. The maximum Gasteiger partial charge on any atom is 0.203 e. The minimum atomic E-state index is 0. The Hall–Kier alpha value is -4.36. The maximum absolute atomic E-state index is 12.7. The van der Waals surface area contributed by atoms with Gasteiger partial charge in [0.25, 0.3) is 0 Å². The number of hydrogen-bond acceptors (Lipinski definition) is 12. The number of hydrogen-bond donors (Lipinski definition) is 2. The van der Waals surface area contributed by atoms with Gasteiger partial charge in [0.15, 0.2) is 33.9 Å². The van der Waals surface area contributed by atoms with Crippen LogP contribution >= 0.6 is 23.5 Å². The summed E-state index contributed by atoms with van der Waals surface area (Å²) < 4.78 is 33.8. The third kappa shape index (κ3) is 12.0. The summed E-state index contributed by atoms with van der Waals surface area (Å²) in [7, 11) is 13.6. The van der Waals surface area contributed by atoms with E-state index in [1.807, 2.05) is 76.9 Å². The van der Waals surface area contributed by atoms with Crippen LogP contribution in [0.4, 0.5) is 0 Å². The van der Waals surface area contributed by atoms with Gasteiger partial charge < -0.3 is 39.1 Å². The van der Waals surface area contributed by atoms with Crippen molar-refractivity contribution in [1.29, 1.82) is 0 Å². The molecule has 2 aliphatic rings. The first kappa shape index (κ1) is 54.7. The molecule has 0 unspecified atom stereocenters. The normalized spacial score (nSPS) is 14.0. The molecule has 61 heavy (non-hydrogen) atoms. The monoisotopic (exact) mass is 880 g/mol. The molecule has 4 aromatic rings. The van der Waals surface area contributed by atoms with Crippen molar-refractivity contribution in [2.24, 2.45) is 0 Å². The molecule has 0 spiro atoms. The highest BCUT2D eigenvalue weighted by Crippen LogP contribution is 2.51. The van der Waals surface area contributed by atoms with E-state index in [1.165, 1.54) is 29.9 Å². The lowest BCUT2D eigenvalue weighted by Crippen LogP contribution is -2.17. The molecule has 0 heterocycles. The Morgan fingerprint density at radius 1 is 0.557 bits per heavy atom. The van der Waals surface area contributed by atoms with E-state index in [0.717, 1.165) is 80.0 Å². The summed E-state index contributed by atoms with van der Waals surface area (Å²) in [6.07, 6.45) is 8.49. The summed E-state index contributed by atoms with van der Waals surface area (Å²) >= 11 is 2.92. The van der Waals surface area contributed by atoms with Crippen molar-refractivity contribution in [2.45, 2.75) is 96.5 Å². The zero-order valence-electron chi connectivity index (χ0n) is 37.4. The summed E-state index contributed by atoms with van der Waals surface area (Å²) in [6, 6.07) is 15.5. The van der Waals surface area contributed by atoms with Crippen LogP contribution in [0.5, 0.6) is 34.5 Å². The summed E-state index contributed by atoms with van der Waals surface area (Å²) in [5.41, 5.74) is 8.16. The highest BCUT2D eigenvalue weighted by atomic mass is 32.2. The molecule has 10 nitrogen and oxygen atoms in total. The first-order valence-corrected chi connectivity index (χ1v) is 22.5. The molecule has 2 atom stereocenters. The van der Waals surface area contributed by atoms with Crippen LogP contribution in [0.25, 0.3) is 22.3 Å². The van der Waals surface area contributed by atoms with Crippen LogP contribution in [-0.4, -0.2) is 69.3 Å². The van der Waals surface area contributed by atoms with E-state index in [4.69, 9.17) is 28.4 Å². The minimum Gasteiger partial charge on any atom is -0.493 e. The topological polar surface area (TPSA) is 114 Å². The Balaban J connectivity index is 0.000000536. The van der Waals surface area contributed by atoms with E-state index in [1.54, 1.807) is 54.8 Å². The van der Waals surface area contributed by atoms with E-state index in [-0.39, 0.29) is 37.8 Å². The number of ether oxygens (including phenoxy) is 6. The largest absolute Gasteiger partial charge is 0.493 e. The molecule has 4 aromatic carbocycles. The first-order chi connectivity index (χ1) is 28.6. The third-order valence-electron chi connectivity index (χ3n) is 10.1. The van der Waals surface area contributed by atoms with Crippen LogP contribution in [0.1, 0.15) is 96.1 Å². The molecule has 0 bridgehead atoms. The lowest BCUT2D eigenvalue weighted by atomic mass is 9.95. The lowest BCUT2D eigenvalue weighted by Gasteiger charge is -2.19. The summed E-state index contributed by atoms with van der Waals surface area (Å²) in [5.74, 6) is 3.68. The van der Waals surface area contributed by atoms with Gasteiger partial charge in [0.1, 0.15) is 0 Å². The van der Waals surface area contributed by atoms with Gasteiger partial charge in [0.05, 0.1) is 52.4 Å². The molecule has 338 valence electrons. The number of nitrogens with one attached hydrogen (secondary N) is 2. The van der Waals surface area contributed by atoms with Gasteiger partial charge in [0, 0.05) is 23.2 Å². The highest BCUT2D eigenvalue weighted by Gasteiger charge is 2.30. The molecule has 0 fully saturated rings. The highest BCUT2D eigenvalue weighted by molar-refractivity contribution is 7.98. The van der Waals surface area contributed by atoms with E-state index in [9.17, 15) is 9.59 Å². The van der Waals surface area contributed by atoms with Gasteiger partial charge in [-0.2, -0.15) is 0 Å². The van der Waals surface area contributed by atoms with Gasteiger partial charge in [0.2, 0.25) is 11.5 Å². The van der Waals surface area contributed by atoms with Crippen LogP contribution in [0.3, 0.4) is 0 Å². The SMILES string of the molecule is C.C.CC.CCC.CN[C@H]1CCc2cc(OC)c(OC)c(OC)c2-c2ccc(SC)c(=O)cc21.CN[C@H]1CCc2cc(OC)c(OC)c(OC)c2-c2ccc(SC)c(=O)cc21. The molecule has 6 rings (SSSR count). The van der Waals surface area contributed by atoms with Crippen LogP contribution in [0.2, 0.25) is 0 Å². The second-order valence-corrected chi connectivity index (χ2v) is 15.1. The summed E-state index contributed by atoms with van der Waals surface area (Å²) in [4.78, 5) is 26.8. The summed E-state index contributed by atoms with van der Waals surface area (Å²) in [5, 5.41) is 6.72. The number of aryl methyl sites for hydroxylation is 2. The number of fused-ring (bicyclic) bond motifs is 6. The Morgan fingerprint density at radius 3 is 1.15 bits per heavy atom. The number of rotatable bonds is 10. The molecule has 2 aliphatic carbocycles. The third-order valence-corrected chi connectivity index (χ3v) is 11.7. The number of methoxy groups -OCH3 is 6. The molecular weight excluding hydrogens is 809 g/mol. The van der Waals surface area contributed by atoms with Crippen molar-refractivity contribution >= 4 is 23.5 Å². The fourth-order valence-electron chi connectivity index (χ4n) is 7.53. The average Bonchev–Trinajstić information content (AvgIpc) is 3.66. The van der Waals surface area contributed by atoms with Gasteiger partial charge >= 0.3 is 0 Å². The second-order valence-electron chi connectivity index (χ2n) is 13.4. The number of thioether (sulfide) groups is 2. The fraction of sp³-hybridized carbons (Fsp3) is 0.469. The number of benzene rings is 2. The Labute approximate surface area is 374 Å². The second kappa shape index (κ2) is 26.9. The summed E-state index contributed by atoms with van der Waals surface area (Å²) in [6.45, 7) is 8.25. The van der Waals surface area contributed by atoms with Crippen molar-refractivity contribution in [3.05, 3.63) is 91.2 Å². The van der Waals surface area contributed by atoms with E-state index in [2.05, 4.69) is 24.5 Å². The van der Waals surface area contributed by atoms with Gasteiger partial charge in [-0.05, 0) is 122 Å². The van der Waals surface area contributed by atoms with Crippen molar-refractivity contribution in [3.63, 3.8) is 0 Å². The zero-order valence-corrected chi connectivity index (χ0v) is 39.0. The molecule has 12 heteroatoms. The average molecular weight is 881 g/mol. The van der Waals surface area contributed by atoms with E-state index in [0.29, 0.717) is 34.5 Å². The first-order valence-electron chi connectivity index (χ1n) is 20.0. The maximum atomic E-state index is 12.7. The fourth-order valence-corrected chi connectivity index (χ4v) is 8.46. The van der Waals surface area contributed by atoms with Crippen molar-refractivity contribution in [1.82, 2.24) is 10.6 Å². The van der Waals surface area contributed by atoms with Gasteiger partial charge in [-0.3, -0.25) is 9.59 Å². The quantitative estimate of drug-likeness (QED) is 0.148. The predicted molar refractivity (Wildman–Crippen MR) is 260 cm³/mol. The Bertz CT molecular complexity index is 2000. The molecule has 0 amide bonds. The smallest absolute Gasteiger partial charge is 0.203 e. The lowest BCUT2D eigenvalue weighted by molar-refractivity contribution is 0.324. The van der Waals surface area contributed by atoms with Crippen molar-refractivity contribution in [2.75, 3.05) is 69.3 Å². The van der Waals surface area contributed by atoms with Crippen LogP contribution < -0.4 is 49.9 Å². The van der Waals surface area contributed by atoms with Crippen molar-refractivity contribution in [3.8, 4) is 56.8 Å². The standard InChI is InChI=1S/2C21H25NO4S.C3H8.C2H6.2CH4/c2*1-22-15-8-6-12-10-17(24-2)20(25-3)21(26-4)19(12)13-7-9-18(27-5)16(23)11-14(13)15;1-3-2;1-2;;/h2*7,9-11,15,22H,6,8H2,1-5H3;3H2,1-2H3;1-2H3;2*1H4/t2*15-;;;;/m00..../s1. The van der Waals surface area contributed by atoms with E-state index >= 15 is 0 Å². The molecule has 0 saturated carbocycles. The van der Waals surface area contributed by atoms with E-state index < -0.39 is 0 Å². The Kier molecular flexibility index (Phi) is 24.1. The van der Waals surface area contributed by atoms with Crippen molar-refractivity contribution < 1.29 is 28.4 Å². The molecule has 0 aliphatic heterocycles. The molecular formula is C49H72N2O8S2. The van der Waals surface area contributed by atoms with Crippen LogP contribution in [0, 0.1) is 0 Å². The predicted octanol–water partition coefficient (Wildman–Crippen LogP) is 11.1. The van der Waals surface area contributed by atoms with Gasteiger partial charge in [-0.15, -0.1) is 23.5 Å².